The number of fused-ring (bicyclic) bond motifs is 3. The standard InChI is InChI=1S/C32H33N3O10S.ClH/c1-13-26(36)17(33)10-21(44-13)45-19-12-32(42,14(2)34-35-31(41)20-8-5-9-46-20)11-16-23(19)30(40)25-24(28(16)38)27(37)15-6-4-7-18(43-3)22(15)29(25)39;/h4-9,13,17,19,21,26,36,38,40,42H,10-12,33H2,1-3H3,(H,35,41);1H/b34-14+;/t13?,17?,19-,21?,26?,32-;/m0./s1. The maximum atomic E-state index is 13.9. The van der Waals surface area contributed by atoms with Gasteiger partial charge in [-0.2, -0.15) is 5.10 Å². The summed E-state index contributed by atoms with van der Waals surface area (Å²) in [7, 11) is 1.34. The van der Waals surface area contributed by atoms with Gasteiger partial charge in [-0.1, -0.05) is 18.2 Å². The number of hydrogen-bond acceptors (Lipinski definition) is 13. The second-order valence-corrected chi connectivity index (χ2v) is 12.6. The van der Waals surface area contributed by atoms with E-state index >= 15 is 0 Å². The lowest BCUT2D eigenvalue weighted by atomic mass is 9.72. The molecule has 1 amide bonds. The largest absolute Gasteiger partial charge is 0.507 e. The topological polar surface area (TPSA) is 210 Å². The SMILES string of the molecule is COc1cccc2c1C(=O)c1c(O)c3c(c(O)c1C2=O)C[C@@](O)(/C(C)=N/NC(=O)c1cccs1)C[C@@H]3OC1CC(N)C(O)C(C)O1.Cl. The van der Waals surface area contributed by atoms with Crippen molar-refractivity contribution in [2.75, 3.05) is 7.11 Å². The smallest absolute Gasteiger partial charge is 0.281 e. The van der Waals surface area contributed by atoms with Crippen molar-refractivity contribution in [3.05, 3.63) is 74.0 Å². The number of hydrazone groups is 1. The van der Waals surface area contributed by atoms with Crippen LogP contribution in [0.4, 0.5) is 0 Å². The van der Waals surface area contributed by atoms with Crippen molar-refractivity contribution >= 4 is 46.9 Å². The molecular weight excluding hydrogens is 654 g/mol. The molecule has 7 N–H and O–H groups in total. The molecule has 0 saturated carbocycles. The van der Waals surface area contributed by atoms with Crippen LogP contribution in [-0.2, 0) is 15.9 Å². The molecule has 1 fully saturated rings. The number of amides is 1. The van der Waals surface area contributed by atoms with Crippen LogP contribution in [0, 0.1) is 0 Å². The molecule has 0 bridgehead atoms. The van der Waals surface area contributed by atoms with Gasteiger partial charge in [0.25, 0.3) is 5.91 Å². The number of carbonyl (C=O) groups excluding carboxylic acids is 3. The Kier molecular flexibility index (Phi) is 9.50. The zero-order chi connectivity index (χ0) is 33.1. The maximum absolute atomic E-state index is 13.9. The monoisotopic (exact) mass is 687 g/mol. The molecule has 2 heterocycles. The molecule has 6 rings (SSSR count). The Morgan fingerprint density at radius 2 is 1.85 bits per heavy atom. The number of nitrogens with one attached hydrogen (secondary N) is 1. The van der Waals surface area contributed by atoms with Gasteiger partial charge in [-0.3, -0.25) is 14.4 Å². The molecule has 47 heavy (non-hydrogen) atoms. The Bertz CT molecular complexity index is 1770. The van der Waals surface area contributed by atoms with E-state index in [1.807, 2.05) is 0 Å². The van der Waals surface area contributed by atoms with Gasteiger partial charge in [-0.25, -0.2) is 5.43 Å². The molecule has 2 aliphatic carbocycles. The molecule has 1 aromatic heterocycles. The van der Waals surface area contributed by atoms with Crippen molar-refractivity contribution in [1.29, 1.82) is 0 Å². The van der Waals surface area contributed by atoms with E-state index in [4.69, 9.17) is 19.9 Å². The summed E-state index contributed by atoms with van der Waals surface area (Å²) in [4.78, 5) is 40.6. The van der Waals surface area contributed by atoms with Crippen LogP contribution >= 0.6 is 23.7 Å². The number of benzene rings is 2. The van der Waals surface area contributed by atoms with E-state index < -0.39 is 76.3 Å². The summed E-state index contributed by atoms with van der Waals surface area (Å²) < 4.78 is 17.4. The number of nitrogens with zero attached hydrogens (tertiary/aromatic N) is 1. The molecule has 1 aliphatic heterocycles. The molecule has 3 aromatic rings. The number of aliphatic hydroxyl groups is 2. The number of nitrogens with two attached hydrogens (primary N) is 1. The van der Waals surface area contributed by atoms with Crippen LogP contribution in [0.2, 0.25) is 0 Å². The number of ether oxygens (including phenoxy) is 3. The number of aliphatic hydroxyl groups excluding tert-OH is 1. The molecule has 13 nitrogen and oxygen atoms in total. The molecule has 3 aliphatic rings. The molecule has 250 valence electrons. The van der Waals surface area contributed by atoms with Crippen molar-refractivity contribution in [2.45, 2.75) is 69.4 Å². The summed E-state index contributed by atoms with van der Waals surface area (Å²) in [5.74, 6) is -3.04. The van der Waals surface area contributed by atoms with E-state index in [0.717, 1.165) is 0 Å². The second-order valence-electron chi connectivity index (χ2n) is 11.7. The maximum Gasteiger partial charge on any atom is 0.281 e. The van der Waals surface area contributed by atoms with Crippen molar-refractivity contribution in [3.63, 3.8) is 0 Å². The number of aromatic hydroxyl groups is 2. The number of carbonyl (C=O) groups is 3. The first-order valence-electron chi connectivity index (χ1n) is 14.6. The van der Waals surface area contributed by atoms with Crippen LogP contribution in [0.1, 0.15) is 85.4 Å². The van der Waals surface area contributed by atoms with E-state index in [2.05, 4.69) is 10.5 Å². The first kappa shape index (κ1) is 34.4. The zero-order valence-electron chi connectivity index (χ0n) is 25.6. The molecule has 6 atom stereocenters. The van der Waals surface area contributed by atoms with Gasteiger partial charge >= 0.3 is 0 Å². The normalized spacial score (nSPS) is 26.9. The second kappa shape index (κ2) is 13.0. The fourth-order valence-electron chi connectivity index (χ4n) is 6.37. The highest BCUT2D eigenvalue weighted by Crippen LogP contribution is 2.52. The van der Waals surface area contributed by atoms with Crippen LogP contribution in [0.15, 0.2) is 40.8 Å². The van der Waals surface area contributed by atoms with Gasteiger partial charge in [0, 0.05) is 42.0 Å². The van der Waals surface area contributed by atoms with Gasteiger partial charge in [-0.05, 0) is 31.4 Å². The summed E-state index contributed by atoms with van der Waals surface area (Å²) >= 11 is 1.21. The molecule has 4 unspecified atom stereocenters. The minimum Gasteiger partial charge on any atom is -0.507 e. The average Bonchev–Trinajstić information content (AvgIpc) is 3.57. The number of halogens is 1. The minimum atomic E-state index is -1.87. The van der Waals surface area contributed by atoms with Crippen molar-refractivity contribution in [3.8, 4) is 17.2 Å². The molecule has 15 heteroatoms. The Morgan fingerprint density at radius 1 is 1.13 bits per heavy atom. The number of ketones is 2. The van der Waals surface area contributed by atoms with Crippen LogP contribution < -0.4 is 15.9 Å². The fourth-order valence-corrected chi connectivity index (χ4v) is 6.98. The first-order valence-corrected chi connectivity index (χ1v) is 15.5. The first-order chi connectivity index (χ1) is 21.9. The average molecular weight is 688 g/mol. The predicted octanol–water partition coefficient (Wildman–Crippen LogP) is 2.73. The Labute approximate surface area is 279 Å². The van der Waals surface area contributed by atoms with Gasteiger partial charge in [0.2, 0.25) is 5.78 Å². The Hall–Kier alpha value is -3.89. The summed E-state index contributed by atoms with van der Waals surface area (Å²) in [5.41, 5.74) is 5.74. The number of methoxy groups -OCH3 is 1. The quantitative estimate of drug-likeness (QED) is 0.0986. The highest BCUT2D eigenvalue weighted by Gasteiger charge is 2.49. The van der Waals surface area contributed by atoms with Crippen molar-refractivity contribution in [1.82, 2.24) is 5.43 Å². The number of rotatable bonds is 6. The molecule has 2 aromatic carbocycles. The number of thiophene rings is 1. The van der Waals surface area contributed by atoms with E-state index in [1.54, 1.807) is 24.4 Å². The van der Waals surface area contributed by atoms with Gasteiger partial charge < -0.3 is 40.4 Å². The minimum absolute atomic E-state index is 0. The summed E-state index contributed by atoms with van der Waals surface area (Å²) in [6.45, 7) is 3.10. The fraction of sp³-hybridized carbons (Fsp3) is 0.375. The number of phenols is 2. The number of phenolic OH excluding ortho intramolecular Hbond substituents is 2. The lowest BCUT2D eigenvalue weighted by molar-refractivity contribution is -0.245. The van der Waals surface area contributed by atoms with E-state index in [-0.39, 0.29) is 65.4 Å². The lowest BCUT2D eigenvalue weighted by Gasteiger charge is -2.42. The summed E-state index contributed by atoms with van der Waals surface area (Å²) in [5, 5.41) is 51.6. The van der Waals surface area contributed by atoms with Crippen molar-refractivity contribution < 1.29 is 49.0 Å². The van der Waals surface area contributed by atoms with Crippen LogP contribution in [0.5, 0.6) is 17.2 Å². The summed E-state index contributed by atoms with van der Waals surface area (Å²) in [6.07, 6.45) is -4.47. The third kappa shape index (κ3) is 5.80. The van der Waals surface area contributed by atoms with Gasteiger partial charge in [0.1, 0.15) is 22.8 Å². The lowest BCUT2D eigenvalue weighted by Crippen LogP contribution is -2.52. The molecule has 0 spiro atoms. The molecule has 1 saturated heterocycles. The summed E-state index contributed by atoms with van der Waals surface area (Å²) in [6, 6.07) is 7.08. The third-order valence-corrected chi connectivity index (χ3v) is 9.75. The van der Waals surface area contributed by atoms with Gasteiger partial charge in [0.05, 0.1) is 52.7 Å². The molecular formula is C32H34ClN3O10S. The third-order valence-electron chi connectivity index (χ3n) is 8.89. The predicted molar refractivity (Wildman–Crippen MR) is 172 cm³/mol. The van der Waals surface area contributed by atoms with Crippen LogP contribution in [0.25, 0.3) is 0 Å². The molecule has 0 radical (unpaired) electrons. The van der Waals surface area contributed by atoms with Crippen molar-refractivity contribution in [2.24, 2.45) is 10.8 Å². The van der Waals surface area contributed by atoms with Gasteiger partial charge in [-0.15, -0.1) is 23.7 Å². The zero-order valence-corrected chi connectivity index (χ0v) is 27.2. The van der Waals surface area contributed by atoms with Crippen LogP contribution in [0.3, 0.4) is 0 Å². The van der Waals surface area contributed by atoms with Crippen LogP contribution in [-0.4, -0.2) is 80.9 Å². The number of hydrogen-bond donors (Lipinski definition) is 6. The van der Waals surface area contributed by atoms with E-state index in [9.17, 15) is 34.8 Å². The van der Waals surface area contributed by atoms with Gasteiger partial charge in [0.15, 0.2) is 12.1 Å². The Balaban J connectivity index is 0.00000433. The highest BCUT2D eigenvalue weighted by atomic mass is 35.5. The van der Waals surface area contributed by atoms with E-state index in [0.29, 0.717) is 4.88 Å². The van der Waals surface area contributed by atoms with E-state index in [1.165, 1.54) is 43.6 Å². The highest BCUT2D eigenvalue weighted by molar-refractivity contribution is 7.12. The Morgan fingerprint density at radius 3 is 2.51 bits per heavy atom.